The predicted octanol–water partition coefficient (Wildman–Crippen LogP) is 0.113. The second kappa shape index (κ2) is 12.7. The van der Waals surface area contributed by atoms with Gasteiger partial charge in [0.15, 0.2) is 5.79 Å². The van der Waals surface area contributed by atoms with Crippen LogP contribution in [0.1, 0.15) is 49.8 Å². The molecule has 2 aromatic carbocycles. The summed E-state index contributed by atoms with van der Waals surface area (Å²) in [5.74, 6) is -9.95. The number of carboxylic acids is 3. The number of carboxylic acid groups (broad SMARTS) is 3. The minimum Gasteiger partial charge on any atom is -0.550 e. The van der Waals surface area contributed by atoms with Crippen molar-refractivity contribution in [2.24, 2.45) is 17.8 Å². The molecule has 0 spiro atoms. The van der Waals surface area contributed by atoms with Gasteiger partial charge in [0.25, 0.3) is 0 Å². The SMILES string of the molecule is CCOc1ccc(Cc2cc([C@@]34OC[C@](COC(C)=O)(O3)C(CC(=O)[O-])C(CC(=O)[O-])C4CC(=O)[O-])ccc2Cl)cc1. The Morgan fingerprint density at radius 3 is 2.19 bits per heavy atom. The molecule has 0 N–H and O–H groups in total. The molecule has 11 nitrogen and oxygen atoms in total. The van der Waals surface area contributed by atoms with E-state index in [4.69, 9.17) is 30.5 Å². The van der Waals surface area contributed by atoms with E-state index in [1.165, 1.54) is 0 Å². The molecule has 2 aromatic rings. The first-order valence-corrected chi connectivity index (χ1v) is 13.8. The van der Waals surface area contributed by atoms with E-state index in [1.54, 1.807) is 18.2 Å². The van der Waals surface area contributed by atoms with Crippen LogP contribution in [0.2, 0.25) is 5.02 Å². The van der Waals surface area contributed by atoms with E-state index >= 15 is 0 Å². The zero-order valence-electron chi connectivity index (χ0n) is 23.1. The van der Waals surface area contributed by atoms with Gasteiger partial charge < -0.3 is 48.7 Å². The Hall–Kier alpha value is -3.67. The molecule has 4 rings (SSSR count). The number of esters is 1. The molecule has 2 aliphatic heterocycles. The topological polar surface area (TPSA) is 174 Å². The van der Waals surface area contributed by atoms with Crippen LogP contribution in [-0.2, 0) is 45.6 Å². The Balaban J connectivity index is 1.82. The molecular formula is C30H30ClO11-3. The molecule has 2 aliphatic rings. The van der Waals surface area contributed by atoms with Crippen molar-refractivity contribution in [2.75, 3.05) is 19.8 Å². The maximum atomic E-state index is 12.0. The maximum absolute atomic E-state index is 12.0. The second-order valence-electron chi connectivity index (χ2n) is 10.6. The monoisotopic (exact) mass is 601 g/mol. The molecular weight excluding hydrogens is 572 g/mol. The molecule has 0 radical (unpaired) electrons. The van der Waals surface area contributed by atoms with Gasteiger partial charge in [0.2, 0.25) is 0 Å². The first kappa shape index (κ1) is 31.3. The second-order valence-corrected chi connectivity index (χ2v) is 11.0. The number of hydrogen-bond acceptors (Lipinski definition) is 11. The van der Waals surface area contributed by atoms with Crippen molar-refractivity contribution in [3.63, 3.8) is 0 Å². The average Bonchev–Trinajstić information content (AvgIpc) is 3.28. The van der Waals surface area contributed by atoms with E-state index < -0.39 is 78.9 Å². The third kappa shape index (κ3) is 6.53. The summed E-state index contributed by atoms with van der Waals surface area (Å²) in [6.45, 7) is 2.77. The number of carbonyl (C=O) groups is 4. The van der Waals surface area contributed by atoms with Gasteiger partial charge >= 0.3 is 5.97 Å². The molecule has 3 unspecified atom stereocenters. The molecule has 226 valence electrons. The summed E-state index contributed by atoms with van der Waals surface area (Å²) < 4.78 is 23.4. The predicted molar refractivity (Wildman–Crippen MR) is 139 cm³/mol. The summed E-state index contributed by atoms with van der Waals surface area (Å²) in [6, 6.07) is 12.2. The Kier molecular flexibility index (Phi) is 9.44. The Morgan fingerprint density at radius 1 is 0.952 bits per heavy atom. The van der Waals surface area contributed by atoms with E-state index in [-0.39, 0.29) is 6.61 Å². The van der Waals surface area contributed by atoms with Crippen LogP contribution in [0, 0.1) is 17.8 Å². The molecule has 0 amide bonds. The highest BCUT2D eigenvalue weighted by Gasteiger charge is 2.67. The molecule has 42 heavy (non-hydrogen) atoms. The highest BCUT2D eigenvalue weighted by Crippen LogP contribution is 2.60. The van der Waals surface area contributed by atoms with Crippen LogP contribution in [0.15, 0.2) is 42.5 Å². The zero-order chi connectivity index (χ0) is 30.7. The molecule has 2 bridgehead atoms. The van der Waals surface area contributed by atoms with Gasteiger partial charge in [0.05, 0.1) is 13.2 Å². The molecule has 2 fully saturated rings. The lowest BCUT2D eigenvalue weighted by Gasteiger charge is -2.52. The van der Waals surface area contributed by atoms with Crippen molar-refractivity contribution >= 4 is 35.5 Å². The van der Waals surface area contributed by atoms with Crippen LogP contribution >= 0.6 is 11.6 Å². The van der Waals surface area contributed by atoms with Gasteiger partial charge in [-0.2, -0.15) is 0 Å². The van der Waals surface area contributed by atoms with Gasteiger partial charge in [-0.15, -0.1) is 0 Å². The Bertz CT molecular complexity index is 1340. The summed E-state index contributed by atoms with van der Waals surface area (Å²) in [4.78, 5) is 47.5. The fraction of sp³-hybridized carbons (Fsp3) is 0.467. The van der Waals surface area contributed by atoms with Crippen LogP contribution in [-0.4, -0.2) is 49.3 Å². The summed E-state index contributed by atoms with van der Waals surface area (Å²) in [5, 5.41) is 36.1. The first-order chi connectivity index (χ1) is 19.9. The van der Waals surface area contributed by atoms with Crippen molar-refractivity contribution in [3.05, 3.63) is 64.2 Å². The molecule has 5 atom stereocenters. The van der Waals surface area contributed by atoms with E-state index in [0.29, 0.717) is 34.9 Å². The van der Waals surface area contributed by atoms with E-state index in [0.717, 1.165) is 12.5 Å². The lowest BCUT2D eigenvalue weighted by molar-refractivity contribution is -0.335. The normalized spacial score (nSPS) is 26.4. The molecule has 2 heterocycles. The number of carbonyl (C=O) groups excluding carboxylic acids is 4. The molecule has 0 aromatic heterocycles. The largest absolute Gasteiger partial charge is 0.550 e. The van der Waals surface area contributed by atoms with Crippen molar-refractivity contribution in [1.82, 2.24) is 0 Å². The first-order valence-electron chi connectivity index (χ1n) is 13.5. The third-order valence-electron chi connectivity index (χ3n) is 7.86. The summed E-state index contributed by atoms with van der Waals surface area (Å²) in [6.07, 6.45) is -1.76. The number of aliphatic carboxylic acids is 3. The van der Waals surface area contributed by atoms with Crippen LogP contribution < -0.4 is 20.1 Å². The average molecular weight is 602 g/mol. The smallest absolute Gasteiger partial charge is 0.302 e. The van der Waals surface area contributed by atoms with Crippen molar-refractivity contribution in [3.8, 4) is 5.75 Å². The van der Waals surface area contributed by atoms with Crippen LogP contribution in [0.3, 0.4) is 0 Å². The molecule has 0 aliphatic carbocycles. The number of ether oxygens (including phenoxy) is 4. The molecule has 2 saturated heterocycles. The summed E-state index contributed by atoms with van der Waals surface area (Å²) in [5.41, 5.74) is 0.242. The highest BCUT2D eigenvalue weighted by atomic mass is 35.5. The van der Waals surface area contributed by atoms with Crippen LogP contribution in [0.25, 0.3) is 0 Å². The van der Waals surface area contributed by atoms with Gasteiger partial charge in [-0.25, -0.2) is 0 Å². The van der Waals surface area contributed by atoms with Crippen LogP contribution in [0.5, 0.6) is 5.75 Å². The van der Waals surface area contributed by atoms with Gasteiger partial charge in [-0.05, 0) is 73.9 Å². The van der Waals surface area contributed by atoms with Gasteiger partial charge in [0.1, 0.15) is 18.0 Å². The zero-order valence-corrected chi connectivity index (χ0v) is 23.8. The fourth-order valence-corrected chi connectivity index (χ4v) is 6.33. The van der Waals surface area contributed by atoms with Crippen LogP contribution in [0.4, 0.5) is 0 Å². The van der Waals surface area contributed by atoms with E-state index in [9.17, 15) is 34.5 Å². The van der Waals surface area contributed by atoms with Crippen molar-refractivity contribution in [1.29, 1.82) is 0 Å². The quantitative estimate of drug-likeness (QED) is 0.285. The van der Waals surface area contributed by atoms with E-state index in [2.05, 4.69) is 0 Å². The van der Waals surface area contributed by atoms with Gasteiger partial charge in [-0.1, -0.05) is 29.8 Å². The third-order valence-corrected chi connectivity index (χ3v) is 8.22. The highest BCUT2D eigenvalue weighted by molar-refractivity contribution is 6.31. The van der Waals surface area contributed by atoms with Crippen molar-refractivity contribution < 1.29 is 53.4 Å². The lowest BCUT2D eigenvalue weighted by atomic mass is 9.64. The minimum absolute atomic E-state index is 0.317. The summed E-state index contributed by atoms with van der Waals surface area (Å²) in [7, 11) is 0. The Morgan fingerprint density at radius 2 is 1.60 bits per heavy atom. The Labute approximate surface area is 247 Å². The molecule has 0 saturated carbocycles. The number of fused-ring (bicyclic) bond motifs is 2. The number of benzene rings is 2. The van der Waals surface area contributed by atoms with Gasteiger partial charge in [-0.3, -0.25) is 4.79 Å². The molecule has 12 heteroatoms. The number of rotatable bonds is 13. The summed E-state index contributed by atoms with van der Waals surface area (Å²) >= 11 is 6.55. The van der Waals surface area contributed by atoms with E-state index in [1.807, 2.05) is 31.2 Å². The fourth-order valence-electron chi connectivity index (χ4n) is 6.14. The number of halogens is 1. The van der Waals surface area contributed by atoms with Crippen molar-refractivity contribution in [2.45, 2.75) is 50.9 Å². The number of hydrogen-bond donors (Lipinski definition) is 0. The lowest BCUT2D eigenvalue weighted by Crippen LogP contribution is -2.60. The maximum Gasteiger partial charge on any atom is 0.302 e. The standard InChI is InChI=1S/C30H33ClO11/c1-3-39-21-7-4-18(5-8-21)10-19-11-20(6-9-25(19)31)30-24(14-28(37)38)22(12-26(33)34)23(13-27(35)36)29(42-30,16-41-30)15-40-17(2)32/h4-9,11,22-24H,3,10,12-16H2,1-2H3,(H,33,34)(H,35,36)(H,37,38)/p-3/t22?,23?,24?,29-,30+/m0/s1. The minimum atomic E-state index is -1.86. The van der Waals surface area contributed by atoms with Gasteiger partial charge in [0, 0.05) is 47.3 Å².